The van der Waals surface area contributed by atoms with E-state index < -0.39 is 16.1 Å². The number of phenolic OH excluding ortho intramolecular Hbond substituents is 1. The number of nitrogens with one attached hydrogen (secondary N) is 1. The van der Waals surface area contributed by atoms with Gasteiger partial charge in [0.2, 0.25) is 5.88 Å². The summed E-state index contributed by atoms with van der Waals surface area (Å²) in [5.74, 6) is -0.844. The summed E-state index contributed by atoms with van der Waals surface area (Å²) in [7, 11) is -3.99. The average Bonchev–Trinajstić information content (AvgIpc) is 2.80. The monoisotopic (exact) mass is 346 g/mol. The lowest BCUT2D eigenvalue weighted by Gasteiger charge is -2.16. The Morgan fingerprint density at radius 3 is 2.21 bits per heavy atom. The maximum atomic E-state index is 11.9. The van der Waals surface area contributed by atoms with Gasteiger partial charge < -0.3 is 10.2 Å². The van der Waals surface area contributed by atoms with Gasteiger partial charge in [-0.3, -0.25) is 4.79 Å². The van der Waals surface area contributed by atoms with Crippen molar-refractivity contribution < 1.29 is 23.4 Å². The number of aliphatic hydroxyl groups is 1. The van der Waals surface area contributed by atoms with Gasteiger partial charge in [0, 0.05) is 5.56 Å². The fourth-order valence-electron chi connectivity index (χ4n) is 2.36. The van der Waals surface area contributed by atoms with Gasteiger partial charge in [-0.15, -0.1) is 0 Å². The zero-order valence-electron chi connectivity index (χ0n) is 12.6. The van der Waals surface area contributed by atoms with Crippen LogP contribution in [0, 0.1) is 0 Å². The molecule has 124 valence electrons. The standard InChI is InChI=1S/C16H14N2O5S/c1-10(19)11-2-4-12(5-3-11)13-6-7-15(20)14(8-13)18-9-16(21)17-24(18,22)23/h2-9,17,20-21H,1H3. The van der Waals surface area contributed by atoms with E-state index in [1.165, 1.54) is 19.1 Å². The molecule has 1 heterocycles. The van der Waals surface area contributed by atoms with E-state index in [1.54, 1.807) is 30.3 Å². The van der Waals surface area contributed by atoms with E-state index in [2.05, 4.69) is 0 Å². The van der Waals surface area contributed by atoms with Crippen LogP contribution in [0.4, 0.5) is 5.69 Å². The Morgan fingerprint density at radius 1 is 1.04 bits per heavy atom. The lowest BCUT2D eigenvalue weighted by atomic mass is 10.0. The summed E-state index contributed by atoms with van der Waals surface area (Å²) in [6, 6.07) is 11.3. The van der Waals surface area contributed by atoms with Crippen LogP contribution in [0.5, 0.6) is 5.75 Å². The number of benzene rings is 2. The number of phenols is 1. The van der Waals surface area contributed by atoms with E-state index in [1.807, 2.05) is 4.72 Å². The van der Waals surface area contributed by atoms with Crippen molar-refractivity contribution in [1.82, 2.24) is 4.72 Å². The van der Waals surface area contributed by atoms with E-state index in [0.717, 1.165) is 16.1 Å². The van der Waals surface area contributed by atoms with Crippen molar-refractivity contribution in [3.05, 3.63) is 60.1 Å². The number of rotatable bonds is 3. The molecule has 0 saturated carbocycles. The molecule has 0 aliphatic carbocycles. The van der Waals surface area contributed by atoms with Crippen LogP contribution in [-0.2, 0) is 10.2 Å². The van der Waals surface area contributed by atoms with Crippen LogP contribution in [-0.4, -0.2) is 24.4 Å². The molecule has 0 saturated heterocycles. The number of aromatic hydroxyl groups is 1. The first-order valence-corrected chi connectivity index (χ1v) is 8.39. The number of aliphatic hydroxyl groups excluding tert-OH is 1. The molecule has 3 rings (SSSR count). The molecule has 2 aromatic rings. The Hall–Kier alpha value is -3.00. The lowest BCUT2D eigenvalue weighted by molar-refractivity contribution is 0.101. The fourth-order valence-corrected chi connectivity index (χ4v) is 3.42. The van der Waals surface area contributed by atoms with Gasteiger partial charge in [-0.1, -0.05) is 30.3 Å². The molecule has 0 bridgehead atoms. The second-order valence-corrected chi connectivity index (χ2v) is 6.80. The zero-order chi connectivity index (χ0) is 17.5. The van der Waals surface area contributed by atoms with E-state index in [0.29, 0.717) is 11.1 Å². The van der Waals surface area contributed by atoms with Crippen LogP contribution in [0.15, 0.2) is 54.5 Å². The van der Waals surface area contributed by atoms with Gasteiger partial charge in [0.05, 0.1) is 6.20 Å². The Morgan fingerprint density at radius 2 is 1.67 bits per heavy atom. The minimum absolute atomic E-state index is 0.000283. The second-order valence-electron chi connectivity index (χ2n) is 5.25. The molecule has 0 unspecified atom stereocenters. The number of Topliss-reactive ketones (excluding diaryl/α,β-unsaturated/α-hetero) is 1. The second kappa shape index (κ2) is 5.57. The molecule has 0 amide bonds. The van der Waals surface area contributed by atoms with Crippen molar-refractivity contribution in [3.8, 4) is 16.9 Å². The summed E-state index contributed by atoms with van der Waals surface area (Å²) in [6.07, 6.45) is 0.965. The van der Waals surface area contributed by atoms with E-state index in [-0.39, 0.29) is 17.2 Å². The molecule has 0 fully saturated rings. The predicted octanol–water partition coefficient (Wildman–Crippen LogP) is 2.27. The Balaban J connectivity index is 2.05. The number of hydrogen-bond donors (Lipinski definition) is 3. The highest BCUT2D eigenvalue weighted by atomic mass is 32.2. The topological polar surface area (TPSA) is 107 Å². The molecular weight excluding hydrogens is 332 g/mol. The van der Waals surface area contributed by atoms with Crippen molar-refractivity contribution in [3.63, 3.8) is 0 Å². The summed E-state index contributed by atoms with van der Waals surface area (Å²) in [6.45, 7) is 1.47. The number of hydrogen-bond acceptors (Lipinski definition) is 5. The maximum absolute atomic E-state index is 11.9. The van der Waals surface area contributed by atoms with Crippen molar-refractivity contribution in [2.75, 3.05) is 4.31 Å². The van der Waals surface area contributed by atoms with Crippen molar-refractivity contribution in [2.24, 2.45) is 0 Å². The van der Waals surface area contributed by atoms with Gasteiger partial charge >= 0.3 is 10.2 Å². The molecule has 2 aromatic carbocycles. The van der Waals surface area contributed by atoms with E-state index in [9.17, 15) is 23.4 Å². The van der Waals surface area contributed by atoms with Crippen LogP contribution in [0.2, 0.25) is 0 Å². The molecule has 0 radical (unpaired) electrons. The first-order chi connectivity index (χ1) is 11.3. The first-order valence-electron chi connectivity index (χ1n) is 6.95. The number of carbonyl (C=O) groups is 1. The van der Waals surface area contributed by atoms with E-state index in [4.69, 9.17) is 0 Å². The Bertz CT molecular complexity index is 949. The van der Waals surface area contributed by atoms with Gasteiger partial charge in [-0.25, -0.2) is 9.03 Å². The van der Waals surface area contributed by atoms with Gasteiger partial charge in [0.25, 0.3) is 0 Å². The molecule has 8 heteroatoms. The molecule has 1 aliphatic rings. The summed E-state index contributed by atoms with van der Waals surface area (Å²) >= 11 is 0. The molecule has 24 heavy (non-hydrogen) atoms. The van der Waals surface area contributed by atoms with Crippen LogP contribution in [0.25, 0.3) is 11.1 Å². The Kier molecular flexibility index (Phi) is 3.69. The molecule has 1 aliphatic heterocycles. The third kappa shape index (κ3) is 2.79. The summed E-state index contributed by atoms with van der Waals surface area (Å²) in [4.78, 5) is 11.3. The smallest absolute Gasteiger partial charge is 0.330 e. The van der Waals surface area contributed by atoms with Crippen LogP contribution in [0.3, 0.4) is 0 Å². The minimum atomic E-state index is -3.99. The first kappa shape index (κ1) is 15.9. The number of nitrogens with zero attached hydrogens (tertiary/aromatic N) is 1. The van der Waals surface area contributed by atoms with Crippen molar-refractivity contribution >= 4 is 21.7 Å². The molecule has 3 N–H and O–H groups in total. The van der Waals surface area contributed by atoms with Crippen molar-refractivity contribution in [2.45, 2.75) is 6.92 Å². The van der Waals surface area contributed by atoms with Gasteiger partial charge in [-0.2, -0.15) is 8.42 Å². The number of carbonyl (C=O) groups excluding carboxylic acids is 1. The molecular formula is C16H14N2O5S. The van der Waals surface area contributed by atoms with Crippen LogP contribution in [0.1, 0.15) is 17.3 Å². The third-order valence-electron chi connectivity index (χ3n) is 3.57. The van der Waals surface area contributed by atoms with Gasteiger partial charge in [-0.05, 0) is 30.2 Å². The zero-order valence-corrected chi connectivity index (χ0v) is 13.4. The quantitative estimate of drug-likeness (QED) is 0.739. The lowest BCUT2D eigenvalue weighted by Crippen LogP contribution is -2.29. The highest BCUT2D eigenvalue weighted by Gasteiger charge is 2.30. The molecule has 0 atom stereocenters. The summed E-state index contributed by atoms with van der Waals surface area (Å²) in [5, 5.41) is 19.4. The van der Waals surface area contributed by atoms with Crippen LogP contribution < -0.4 is 9.03 Å². The van der Waals surface area contributed by atoms with E-state index >= 15 is 0 Å². The maximum Gasteiger partial charge on any atom is 0.330 e. The fraction of sp³-hybridized carbons (Fsp3) is 0.0625. The predicted molar refractivity (Wildman–Crippen MR) is 88.8 cm³/mol. The largest absolute Gasteiger partial charge is 0.506 e. The van der Waals surface area contributed by atoms with Gasteiger partial charge in [0.15, 0.2) is 5.78 Å². The van der Waals surface area contributed by atoms with Crippen molar-refractivity contribution in [1.29, 1.82) is 0 Å². The highest BCUT2D eigenvalue weighted by molar-refractivity contribution is 7.91. The normalized spacial score (nSPS) is 15.7. The summed E-state index contributed by atoms with van der Waals surface area (Å²) < 4.78 is 26.6. The summed E-state index contributed by atoms with van der Waals surface area (Å²) in [5.41, 5.74) is 1.96. The SMILES string of the molecule is CC(=O)c1ccc(-c2ccc(O)c(N3C=C(O)NS3(=O)=O)c2)cc1. The average molecular weight is 346 g/mol. The Labute approximate surface area is 138 Å². The molecule has 0 spiro atoms. The number of ketones is 1. The minimum Gasteiger partial charge on any atom is -0.506 e. The third-order valence-corrected chi connectivity index (χ3v) is 4.86. The number of anilines is 1. The van der Waals surface area contributed by atoms with Gasteiger partial charge in [0.1, 0.15) is 11.4 Å². The molecule has 7 nitrogen and oxygen atoms in total. The molecule has 0 aromatic heterocycles. The highest BCUT2D eigenvalue weighted by Crippen LogP contribution is 2.35. The van der Waals surface area contributed by atoms with Crippen LogP contribution >= 0.6 is 0 Å².